The van der Waals surface area contributed by atoms with Crippen LogP contribution in [0.4, 0.5) is 0 Å². The van der Waals surface area contributed by atoms with Crippen molar-refractivity contribution in [2.75, 3.05) is 5.75 Å². The minimum atomic E-state index is 0.204. The number of carbonyl (C=O) groups is 1. The molecule has 9 heavy (non-hydrogen) atoms. The van der Waals surface area contributed by atoms with Gasteiger partial charge in [0.1, 0.15) is 6.29 Å². The van der Waals surface area contributed by atoms with Crippen molar-refractivity contribution in [1.82, 2.24) is 0 Å². The van der Waals surface area contributed by atoms with E-state index in [1.807, 2.05) is 18.7 Å². The van der Waals surface area contributed by atoms with Gasteiger partial charge in [-0.2, -0.15) is 11.8 Å². The molecule has 0 aliphatic carbocycles. The van der Waals surface area contributed by atoms with Gasteiger partial charge in [-0.25, -0.2) is 0 Å². The van der Waals surface area contributed by atoms with Crippen LogP contribution in [0.15, 0.2) is 0 Å². The fraction of sp³-hybridized carbons (Fsp3) is 0.857. The molecule has 2 unspecified atom stereocenters. The third-order valence-corrected chi connectivity index (χ3v) is 2.67. The summed E-state index contributed by atoms with van der Waals surface area (Å²) >= 11 is 1.83. The summed E-state index contributed by atoms with van der Waals surface area (Å²) in [5.74, 6) is 1.30. The first-order valence-electron chi connectivity index (χ1n) is 3.29. The minimum Gasteiger partial charge on any atom is -0.303 e. The quantitative estimate of drug-likeness (QED) is 0.564. The SMILES string of the molecule is CCSC(C)C(C)C=O. The van der Waals surface area contributed by atoms with E-state index in [0.29, 0.717) is 5.25 Å². The normalized spacial score (nSPS) is 16.8. The average molecular weight is 146 g/mol. The zero-order valence-electron chi connectivity index (χ0n) is 6.26. The first kappa shape index (κ1) is 9.02. The fourth-order valence-corrected chi connectivity index (χ4v) is 1.42. The Balaban J connectivity index is 3.44. The Bertz CT molecular complexity index is 83.0. The van der Waals surface area contributed by atoms with Crippen molar-refractivity contribution < 1.29 is 4.79 Å². The van der Waals surface area contributed by atoms with E-state index in [2.05, 4.69) is 13.8 Å². The van der Waals surface area contributed by atoms with Crippen LogP contribution in [0.25, 0.3) is 0 Å². The van der Waals surface area contributed by atoms with E-state index in [1.54, 1.807) is 0 Å². The van der Waals surface area contributed by atoms with Crippen LogP contribution in [0.2, 0.25) is 0 Å². The number of rotatable bonds is 4. The number of aldehydes is 1. The van der Waals surface area contributed by atoms with E-state index in [1.165, 1.54) is 0 Å². The molecule has 0 N–H and O–H groups in total. The summed E-state index contributed by atoms with van der Waals surface area (Å²) < 4.78 is 0. The molecule has 1 nitrogen and oxygen atoms in total. The summed E-state index contributed by atoms with van der Waals surface area (Å²) in [5.41, 5.74) is 0. The molecule has 0 heterocycles. The highest BCUT2D eigenvalue weighted by atomic mass is 32.2. The molecule has 0 aromatic rings. The Hall–Kier alpha value is 0.0200. The predicted octanol–water partition coefficient (Wildman–Crippen LogP) is 1.96. The lowest BCUT2D eigenvalue weighted by Gasteiger charge is -2.11. The van der Waals surface area contributed by atoms with Crippen LogP contribution in [0.5, 0.6) is 0 Å². The maximum Gasteiger partial charge on any atom is 0.123 e. The lowest BCUT2D eigenvalue weighted by Crippen LogP contribution is -2.11. The van der Waals surface area contributed by atoms with Gasteiger partial charge in [-0.3, -0.25) is 0 Å². The van der Waals surface area contributed by atoms with Crippen LogP contribution in [0, 0.1) is 5.92 Å². The van der Waals surface area contributed by atoms with Crippen molar-refractivity contribution in [1.29, 1.82) is 0 Å². The van der Waals surface area contributed by atoms with Crippen LogP contribution in [-0.4, -0.2) is 17.3 Å². The summed E-state index contributed by atoms with van der Waals surface area (Å²) in [6.07, 6.45) is 1.02. The molecule has 2 heteroatoms. The number of thioether (sulfide) groups is 1. The number of hydrogen-bond donors (Lipinski definition) is 0. The van der Waals surface area contributed by atoms with Crippen molar-refractivity contribution in [2.24, 2.45) is 5.92 Å². The standard InChI is InChI=1S/C7H14OS/c1-4-9-7(3)6(2)5-8/h5-7H,4H2,1-3H3. The van der Waals surface area contributed by atoms with Gasteiger partial charge in [-0.15, -0.1) is 0 Å². The van der Waals surface area contributed by atoms with E-state index >= 15 is 0 Å². The topological polar surface area (TPSA) is 17.1 Å². The average Bonchev–Trinajstić information content (AvgIpc) is 1.87. The summed E-state index contributed by atoms with van der Waals surface area (Å²) in [6.45, 7) is 6.16. The van der Waals surface area contributed by atoms with Gasteiger partial charge in [-0.05, 0) is 5.75 Å². The van der Waals surface area contributed by atoms with Crippen LogP contribution in [0.3, 0.4) is 0 Å². The van der Waals surface area contributed by atoms with Crippen molar-refractivity contribution in [3.05, 3.63) is 0 Å². The summed E-state index contributed by atoms with van der Waals surface area (Å²) in [4.78, 5) is 10.2. The molecular weight excluding hydrogens is 132 g/mol. The van der Waals surface area contributed by atoms with Gasteiger partial charge >= 0.3 is 0 Å². The number of hydrogen-bond acceptors (Lipinski definition) is 2. The molecule has 0 aromatic heterocycles. The molecule has 0 radical (unpaired) electrons. The van der Waals surface area contributed by atoms with Crippen molar-refractivity contribution >= 4 is 18.0 Å². The third-order valence-electron chi connectivity index (χ3n) is 1.38. The fourth-order valence-electron chi connectivity index (χ4n) is 0.525. The molecule has 0 amide bonds. The van der Waals surface area contributed by atoms with Gasteiger partial charge in [0.25, 0.3) is 0 Å². The van der Waals surface area contributed by atoms with E-state index in [4.69, 9.17) is 0 Å². The molecule has 54 valence electrons. The van der Waals surface area contributed by atoms with Gasteiger partial charge < -0.3 is 4.79 Å². The van der Waals surface area contributed by atoms with E-state index in [-0.39, 0.29) is 5.92 Å². The van der Waals surface area contributed by atoms with Crippen LogP contribution in [0.1, 0.15) is 20.8 Å². The second-order valence-electron chi connectivity index (χ2n) is 2.16. The first-order valence-corrected chi connectivity index (χ1v) is 4.34. The van der Waals surface area contributed by atoms with Crippen LogP contribution in [-0.2, 0) is 4.79 Å². The molecule has 2 atom stereocenters. The Morgan fingerprint density at radius 3 is 2.44 bits per heavy atom. The largest absolute Gasteiger partial charge is 0.303 e. The van der Waals surface area contributed by atoms with Gasteiger partial charge in [0.2, 0.25) is 0 Å². The third kappa shape index (κ3) is 3.57. The highest BCUT2D eigenvalue weighted by Gasteiger charge is 2.08. The minimum absolute atomic E-state index is 0.204. The molecular formula is C7H14OS. The summed E-state index contributed by atoms with van der Waals surface area (Å²) in [7, 11) is 0. The Morgan fingerprint density at radius 1 is 1.56 bits per heavy atom. The molecule has 0 aromatic carbocycles. The van der Waals surface area contributed by atoms with Crippen LogP contribution >= 0.6 is 11.8 Å². The molecule has 0 saturated heterocycles. The van der Waals surface area contributed by atoms with E-state index in [0.717, 1.165) is 12.0 Å². The van der Waals surface area contributed by atoms with Crippen molar-refractivity contribution in [3.8, 4) is 0 Å². The monoisotopic (exact) mass is 146 g/mol. The molecule has 0 fully saturated rings. The summed E-state index contributed by atoms with van der Waals surface area (Å²) in [5, 5.41) is 0.479. The second kappa shape index (κ2) is 4.86. The Labute approximate surface area is 61.2 Å². The predicted molar refractivity (Wildman–Crippen MR) is 42.8 cm³/mol. The highest BCUT2D eigenvalue weighted by molar-refractivity contribution is 7.99. The maximum atomic E-state index is 10.2. The van der Waals surface area contributed by atoms with E-state index in [9.17, 15) is 4.79 Å². The Kier molecular flexibility index (Phi) is 4.87. The first-order chi connectivity index (χ1) is 4.22. The molecule has 0 spiro atoms. The molecule has 0 bridgehead atoms. The van der Waals surface area contributed by atoms with Crippen molar-refractivity contribution in [2.45, 2.75) is 26.0 Å². The molecule has 0 aliphatic rings. The molecule has 0 aliphatic heterocycles. The molecule has 0 rings (SSSR count). The molecule has 0 saturated carbocycles. The lowest BCUT2D eigenvalue weighted by molar-refractivity contribution is -0.110. The number of carbonyl (C=O) groups excluding carboxylic acids is 1. The van der Waals surface area contributed by atoms with Crippen molar-refractivity contribution in [3.63, 3.8) is 0 Å². The zero-order valence-corrected chi connectivity index (χ0v) is 7.07. The maximum absolute atomic E-state index is 10.2. The van der Waals surface area contributed by atoms with Gasteiger partial charge in [0.15, 0.2) is 0 Å². The lowest BCUT2D eigenvalue weighted by atomic mass is 10.1. The van der Waals surface area contributed by atoms with E-state index < -0.39 is 0 Å². The summed E-state index contributed by atoms with van der Waals surface area (Å²) in [6, 6.07) is 0. The van der Waals surface area contributed by atoms with Gasteiger partial charge in [-0.1, -0.05) is 20.8 Å². The van der Waals surface area contributed by atoms with Gasteiger partial charge in [0, 0.05) is 11.2 Å². The van der Waals surface area contributed by atoms with Crippen LogP contribution < -0.4 is 0 Å². The Morgan fingerprint density at radius 2 is 2.11 bits per heavy atom. The zero-order chi connectivity index (χ0) is 7.28. The highest BCUT2D eigenvalue weighted by Crippen LogP contribution is 2.16. The van der Waals surface area contributed by atoms with Gasteiger partial charge in [0.05, 0.1) is 0 Å². The second-order valence-corrected chi connectivity index (χ2v) is 3.81. The smallest absolute Gasteiger partial charge is 0.123 e.